The fourth-order valence-corrected chi connectivity index (χ4v) is 4.53. The molecule has 2 aromatic heterocycles. The Labute approximate surface area is 158 Å². The number of aromatic nitrogens is 3. The van der Waals surface area contributed by atoms with E-state index in [4.69, 9.17) is 0 Å². The van der Waals surface area contributed by atoms with Crippen LogP contribution in [-0.2, 0) is 12.2 Å². The van der Waals surface area contributed by atoms with Crippen LogP contribution in [0.3, 0.4) is 0 Å². The van der Waals surface area contributed by atoms with Crippen molar-refractivity contribution in [3.8, 4) is 0 Å². The quantitative estimate of drug-likeness (QED) is 0.555. The van der Waals surface area contributed by atoms with Crippen molar-refractivity contribution in [1.29, 1.82) is 0 Å². The largest absolute Gasteiger partial charge is 0.296 e. The van der Waals surface area contributed by atoms with E-state index in [2.05, 4.69) is 27.4 Å². The monoisotopic (exact) mass is 390 g/mol. The predicted molar refractivity (Wildman–Crippen MR) is 105 cm³/mol. The van der Waals surface area contributed by atoms with E-state index in [9.17, 15) is 4.79 Å². The summed E-state index contributed by atoms with van der Waals surface area (Å²) in [6.07, 6.45) is 3.10. The molecule has 0 fully saturated rings. The minimum absolute atomic E-state index is 0.153. The van der Waals surface area contributed by atoms with E-state index in [1.165, 1.54) is 11.3 Å². The molecule has 0 saturated carbocycles. The lowest BCUT2D eigenvalue weighted by molar-refractivity contribution is 0.102. The molecule has 3 rings (SSSR count). The number of rotatable bonds is 8. The van der Waals surface area contributed by atoms with Gasteiger partial charge >= 0.3 is 0 Å². The molecule has 0 aliphatic heterocycles. The van der Waals surface area contributed by atoms with Gasteiger partial charge in [-0.15, -0.1) is 33.3 Å². The molecule has 8 heteroatoms. The van der Waals surface area contributed by atoms with Gasteiger partial charge in [-0.1, -0.05) is 36.8 Å². The third-order valence-corrected chi connectivity index (χ3v) is 6.06. The molecule has 5 nitrogen and oxygen atoms in total. The van der Waals surface area contributed by atoms with E-state index < -0.39 is 0 Å². The molecule has 0 bridgehead atoms. The number of aryl methyl sites for hydroxylation is 1. The summed E-state index contributed by atoms with van der Waals surface area (Å²) in [6, 6.07) is 7.60. The van der Waals surface area contributed by atoms with Gasteiger partial charge in [-0.05, 0) is 18.6 Å². The van der Waals surface area contributed by atoms with E-state index >= 15 is 0 Å². The molecule has 3 aromatic rings. The molecule has 0 spiro atoms. The Hall–Kier alpha value is -1.77. The second kappa shape index (κ2) is 9.07. The number of amides is 1. The first-order valence-electron chi connectivity index (χ1n) is 7.99. The van der Waals surface area contributed by atoms with Crippen LogP contribution >= 0.6 is 34.4 Å². The van der Waals surface area contributed by atoms with Gasteiger partial charge < -0.3 is 0 Å². The summed E-state index contributed by atoms with van der Waals surface area (Å²) in [7, 11) is 0. The number of anilines is 1. The Kier molecular flexibility index (Phi) is 6.55. The molecule has 130 valence electrons. The highest BCUT2D eigenvalue weighted by atomic mass is 32.2. The smallest absolute Gasteiger partial charge is 0.258 e. The van der Waals surface area contributed by atoms with Crippen molar-refractivity contribution in [2.75, 3.05) is 5.32 Å². The van der Waals surface area contributed by atoms with Crippen LogP contribution in [0.4, 0.5) is 5.13 Å². The maximum atomic E-state index is 12.6. The van der Waals surface area contributed by atoms with Crippen LogP contribution in [0.2, 0.25) is 0 Å². The summed E-state index contributed by atoms with van der Waals surface area (Å²) in [6.45, 7) is 2.14. The minimum Gasteiger partial charge on any atom is -0.296 e. The summed E-state index contributed by atoms with van der Waals surface area (Å²) in [5, 5.41) is 14.6. The molecule has 25 heavy (non-hydrogen) atoms. The molecule has 1 aromatic carbocycles. The van der Waals surface area contributed by atoms with Crippen LogP contribution in [0.15, 0.2) is 40.1 Å². The summed E-state index contributed by atoms with van der Waals surface area (Å²) < 4.78 is 0. The van der Waals surface area contributed by atoms with Crippen molar-refractivity contribution in [2.24, 2.45) is 0 Å². The van der Waals surface area contributed by atoms with Gasteiger partial charge in [0.05, 0.1) is 16.8 Å². The van der Waals surface area contributed by atoms with Crippen molar-refractivity contribution < 1.29 is 4.79 Å². The molecule has 0 unspecified atom stereocenters. The zero-order chi connectivity index (χ0) is 17.5. The number of unbranched alkanes of at least 4 members (excludes halogenated alkanes) is 1. The first-order valence-corrected chi connectivity index (χ1v) is 10.7. The summed E-state index contributed by atoms with van der Waals surface area (Å²) in [5.41, 5.74) is 3.49. The summed E-state index contributed by atoms with van der Waals surface area (Å²) in [4.78, 5) is 17.8. The standard InChI is InChI=1S/C17H18N4OS3/c1-2-3-8-15-20-21-17(25-15)19-16(22)13-6-4-5-7-14(13)24-10-12-9-23-11-18-12/h4-7,9,11H,2-3,8,10H2,1H3,(H,19,21,22). The Morgan fingerprint density at radius 1 is 1.28 bits per heavy atom. The molecule has 0 saturated heterocycles. The van der Waals surface area contributed by atoms with Gasteiger partial charge in [0.1, 0.15) is 5.01 Å². The van der Waals surface area contributed by atoms with Crippen molar-refractivity contribution in [3.05, 3.63) is 51.4 Å². The maximum Gasteiger partial charge on any atom is 0.258 e. The molecular weight excluding hydrogens is 372 g/mol. The van der Waals surface area contributed by atoms with Crippen LogP contribution in [-0.4, -0.2) is 21.1 Å². The Morgan fingerprint density at radius 2 is 2.16 bits per heavy atom. The Morgan fingerprint density at radius 3 is 2.96 bits per heavy atom. The number of benzene rings is 1. The predicted octanol–water partition coefficient (Wildman–Crippen LogP) is 4.88. The minimum atomic E-state index is -0.153. The first-order chi connectivity index (χ1) is 12.3. The van der Waals surface area contributed by atoms with Crippen molar-refractivity contribution in [1.82, 2.24) is 15.2 Å². The average molecular weight is 391 g/mol. The highest BCUT2D eigenvalue weighted by Gasteiger charge is 2.14. The second-order valence-corrected chi connectivity index (χ2v) is 8.12. The van der Waals surface area contributed by atoms with E-state index in [-0.39, 0.29) is 5.91 Å². The van der Waals surface area contributed by atoms with Crippen LogP contribution < -0.4 is 5.32 Å². The zero-order valence-corrected chi connectivity index (χ0v) is 16.2. The molecule has 0 radical (unpaired) electrons. The molecular formula is C17H18N4OS3. The van der Waals surface area contributed by atoms with Gasteiger partial charge in [0.25, 0.3) is 5.91 Å². The normalized spacial score (nSPS) is 10.8. The number of carbonyl (C=O) groups is 1. The van der Waals surface area contributed by atoms with Crippen molar-refractivity contribution >= 4 is 45.5 Å². The first kappa shape index (κ1) is 18.0. The zero-order valence-electron chi connectivity index (χ0n) is 13.8. The summed E-state index contributed by atoms with van der Waals surface area (Å²) >= 11 is 4.63. The van der Waals surface area contributed by atoms with Gasteiger partial charge in [-0.25, -0.2) is 4.98 Å². The second-order valence-electron chi connectivity index (χ2n) is 5.32. The summed E-state index contributed by atoms with van der Waals surface area (Å²) in [5.74, 6) is 0.591. The number of carbonyl (C=O) groups excluding carboxylic acids is 1. The number of thioether (sulfide) groups is 1. The Bertz CT molecular complexity index is 817. The van der Waals surface area contributed by atoms with Crippen molar-refractivity contribution in [2.45, 2.75) is 36.8 Å². The van der Waals surface area contributed by atoms with Gasteiger partial charge in [0.15, 0.2) is 0 Å². The average Bonchev–Trinajstić information content (AvgIpc) is 3.30. The van der Waals surface area contributed by atoms with E-state index in [0.717, 1.165) is 40.6 Å². The third kappa shape index (κ3) is 5.10. The lowest BCUT2D eigenvalue weighted by atomic mass is 10.2. The molecule has 0 aliphatic rings. The highest BCUT2D eigenvalue weighted by Crippen LogP contribution is 2.27. The third-order valence-electron chi connectivity index (χ3n) is 3.42. The van der Waals surface area contributed by atoms with Gasteiger partial charge in [0.2, 0.25) is 5.13 Å². The topological polar surface area (TPSA) is 67.8 Å². The molecule has 0 aliphatic carbocycles. The van der Waals surface area contributed by atoms with Crippen molar-refractivity contribution in [3.63, 3.8) is 0 Å². The van der Waals surface area contributed by atoms with Gasteiger partial charge in [-0.2, -0.15) is 0 Å². The molecule has 1 N–H and O–H groups in total. The number of nitrogens with zero attached hydrogens (tertiary/aromatic N) is 3. The SMILES string of the molecule is CCCCc1nnc(NC(=O)c2ccccc2SCc2cscn2)s1. The number of hydrogen-bond donors (Lipinski definition) is 1. The van der Waals surface area contributed by atoms with Crippen LogP contribution in [0, 0.1) is 0 Å². The van der Waals surface area contributed by atoms with E-state index in [1.54, 1.807) is 23.1 Å². The fourth-order valence-electron chi connectivity index (χ4n) is 2.14. The highest BCUT2D eigenvalue weighted by molar-refractivity contribution is 7.98. The van der Waals surface area contributed by atoms with Gasteiger partial charge in [-0.3, -0.25) is 10.1 Å². The van der Waals surface area contributed by atoms with Gasteiger partial charge in [0, 0.05) is 22.4 Å². The number of thiazole rings is 1. The fraction of sp³-hybridized carbons (Fsp3) is 0.294. The Balaban J connectivity index is 1.66. The molecule has 0 atom stereocenters. The lowest BCUT2D eigenvalue weighted by Crippen LogP contribution is -2.12. The van der Waals surface area contributed by atoms with Crippen LogP contribution in [0.5, 0.6) is 0 Å². The van der Waals surface area contributed by atoms with E-state index in [1.807, 2.05) is 35.2 Å². The number of nitrogens with one attached hydrogen (secondary N) is 1. The van der Waals surface area contributed by atoms with E-state index in [0.29, 0.717) is 10.7 Å². The lowest BCUT2D eigenvalue weighted by Gasteiger charge is -2.07. The molecule has 1 amide bonds. The number of hydrogen-bond acceptors (Lipinski definition) is 7. The maximum absolute atomic E-state index is 12.6. The van der Waals surface area contributed by atoms with Crippen LogP contribution in [0.25, 0.3) is 0 Å². The van der Waals surface area contributed by atoms with Crippen LogP contribution in [0.1, 0.15) is 40.8 Å². The molecule has 2 heterocycles.